The van der Waals surface area contributed by atoms with Crippen LogP contribution in [0.2, 0.25) is 0 Å². The summed E-state index contributed by atoms with van der Waals surface area (Å²) in [5.41, 5.74) is 1.44. The first-order valence-corrected chi connectivity index (χ1v) is 13.6. The van der Waals surface area contributed by atoms with Crippen LogP contribution < -0.4 is 4.90 Å². The minimum absolute atomic E-state index is 0.256. The summed E-state index contributed by atoms with van der Waals surface area (Å²) in [5, 5.41) is 0.765. The molecule has 1 fully saturated rings. The summed E-state index contributed by atoms with van der Waals surface area (Å²) < 4.78 is 53.3. The SMILES string of the molecule is CS(=O)(=O)O.Cc1ccc(S(=O)(=O)n2ccc3c(N(C)C4CCCCC4)ncnc32)cc1. The molecule has 9 nitrogen and oxygen atoms in total. The van der Waals surface area contributed by atoms with Crippen LogP contribution in [0.4, 0.5) is 5.82 Å². The van der Waals surface area contributed by atoms with E-state index in [4.69, 9.17) is 4.55 Å². The molecule has 0 saturated heterocycles. The molecule has 1 saturated carbocycles. The molecule has 0 amide bonds. The Hall–Kier alpha value is -2.50. The third-order valence-electron chi connectivity index (χ3n) is 5.46. The molecule has 32 heavy (non-hydrogen) atoms. The summed E-state index contributed by atoms with van der Waals surface area (Å²) in [4.78, 5) is 11.2. The maximum Gasteiger partial charge on any atom is 0.269 e. The highest BCUT2D eigenvalue weighted by atomic mass is 32.2. The molecule has 0 aliphatic heterocycles. The normalized spacial score (nSPS) is 15.2. The van der Waals surface area contributed by atoms with Gasteiger partial charge in [-0.05, 0) is 38.0 Å². The fourth-order valence-corrected chi connectivity index (χ4v) is 5.16. The van der Waals surface area contributed by atoms with Crippen molar-refractivity contribution in [3.8, 4) is 0 Å². The predicted molar refractivity (Wildman–Crippen MR) is 124 cm³/mol. The number of rotatable bonds is 4. The van der Waals surface area contributed by atoms with Gasteiger partial charge in [0.1, 0.15) is 12.1 Å². The second kappa shape index (κ2) is 9.55. The van der Waals surface area contributed by atoms with Crippen molar-refractivity contribution in [3.63, 3.8) is 0 Å². The Labute approximate surface area is 188 Å². The van der Waals surface area contributed by atoms with E-state index in [1.54, 1.807) is 36.5 Å². The number of benzene rings is 1. The van der Waals surface area contributed by atoms with Gasteiger partial charge < -0.3 is 4.90 Å². The summed E-state index contributed by atoms with van der Waals surface area (Å²) in [6.45, 7) is 1.93. The van der Waals surface area contributed by atoms with Gasteiger partial charge >= 0.3 is 0 Å². The lowest BCUT2D eigenvalue weighted by molar-refractivity contribution is 0.426. The van der Waals surface area contributed by atoms with Crippen LogP contribution in [-0.4, -0.2) is 54.7 Å². The van der Waals surface area contributed by atoms with Gasteiger partial charge in [-0.3, -0.25) is 4.55 Å². The molecule has 0 atom stereocenters. The highest BCUT2D eigenvalue weighted by Gasteiger charge is 2.24. The van der Waals surface area contributed by atoms with Gasteiger partial charge in [0, 0.05) is 19.3 Å². The fraction of sp³-hybridized carbons (Fsp3) is 0.429. The average Bonchev–Trinajstić information content (AvgIpc) is 3.18. The molecule has 2 aromatic heterocycles. The highest BCUT2D eigenvalue weighted by molar-refractivity contribution is 7.90. The molecule has 174 valence electrons. The van der Waals surface area contributed by atoms with Gasteiger partial charge in [0.25, 0.3) is 20.1 Å². The van der Waals surface area contributed by atoms with Crippen molar-refractivity contribution in [1.29, 1.82) is 0 Å². The lowest BCUT2D eigenvalue weighted by atomic mass is 9.94. The van der Waals surface area contributed by atoms with Crippen molar-refractivity contribution >= 4 is 37.0 Å². The van der Waals surface area contributed by atoms with Gasteiger partial charge in [-0.1, -0.05) is 37.0 Å². The van der Waals surface area contributed by atoms with E-state index in [0.29, 0.717) is 17.9 Å². The largest absolute Gasteiger partial charge is 0.356 e. The van der Waals surface area contributed by atoms with E-state index < -0.39 is 20.1 Å². The lowest BCUT2D eigenvalue weighted by Gasteiger charge is -2.32. The minimum atomic E-state index is -3.70. The zero-order valence-electron chi connectivity index (χ0n) is 18.3. The maximum atomic E-state index is 13.1. The van der Waals surface area contributed by atoms with E-state index in [1.165, 1.54) is 29.6 Å². The standard InChI is InChI=1S/C20H24N4O2S.CH4O3S/c1-15-8-10-17(11-9-15)27(25,26)24-13-12-18-19(21-14-22-20(18)24)23(2)16-6-4-3-5-7-16;1-5(2,3)4/h8-14,16H,3-7H2,1-2H3;1H3,(H,2,3,4). The van der Waals surface area contributed by atoms with Gasteiger partial charge in [0.2, 0.25) is 0 Å². The molecule has 2 heterocycles. The van der Waals surface area contributed by atoms with Crippen LogP contribution in [0.5, 0.6) is 0 Å². The summed E-state index contributed by atoms with van der Waals surface area (Å²) >= 11 is 0. The first kappa shape index (κ1) is 24.1. The maximum absolute atomic E-state index is 13.1. The summed E-state index contributed by atoms with van der Waals surface area (Å²) in [6, 6.07) is 9.11. The molecule has 4 rings (SSSR count). The van der Waals surface area contributed by atoms with Crippen molar-refractivity contribution in [2.24, 2.45) is 0 Å². The highest BCUT2D eigenvalue weighted by Crippen LogP contribution is 2.30. The first-order valence-electron chi connectivity index (χ1n) is 10.3. The monoisotopic (exact) mass is 480 g/mol. The molecular formula is C21H28N4O5S2. The van der Waals surface area contributed by atoms with Gasteiger partial charge in [0.15, 0.2) is 5.65 Å². The van der Waals surface area contributed by atoms with Gasteiger partial charge in [-0.15, -0.1) is 0 Å². The van der Waals surface area contributed by atoms with Gasteiger partial charge in [-0.2, -0.15) is 8.42 Å². The number of fused-ring (bicyclic) bond motifs is 1. The smallest absolute Gasteiger partial charge is 0.269 e. The van der Waals surface area contributed by atoms with E-state index in [2.05, 4.69) is 14.9 Å². The fourth-order valence-electron chi connectivity index (χ4n) is 3.85. The molecule has 0 radical (unpaired) electrons. The number of aromatic nitrogens is 3. The third-order valence-corrected chi connectivity index (χ3v) is 7.14. The van der Waals surface area contributed by atoms with Crippen LogP contribution >= 0.6 is 0 Å². The Bertz CT molecular complexity index is 1270. The molecule has 3 aromatic rings. The van der Waals surface area contributed by atoms with Crippen LogP contribution in [0.15, 0.2) is 47.8 Å². The molecule has 1 N–H and O–H groups in total. The lowest BCUT2D eigenvalue weighted by Crippen LogP contribution is -2.34. The molecule has 0 unspecified atom stereocenters. The van der Waals surface area contributed by atoms with Crippen molar-refractivity contribution in [2.75, 3.05) is 18.2 Å². The number of nitrogens with zero attached hydrogens (tertiary/aromatic N) is 4. The molecule has 11 heteroatoms. The second-order valence-electron chi connectivity index (χ2n) is 8.00. The summed E-state index contributed by atoms with van der Waals surface area (Å²) in [6.07, 6.45) is 9.78. The molecule has 1 aromatic carbocycles. The van der Waals surface area contributed by atoms with E-state index >= 15 is 0 Å². The average molecular weight is 481 g/mol. The summed E-state index contributed by atoms with van der Waals surface area (Å²) in [7, 11) is -5.32. The van der Waals surface area contributed by atoms with Crippen molar-refractivity contribution in [1.82, 2.24) is 13.9 Å². The Kier molecular flexibility index (Phi) is 7.21. The number of hydrogen-bond donors (Lipinski definition) is 1. The number of hydrogen-bond acceptors (Lipinski definition) is 7. The van der Waals surface area contributed by atoms with Gasteiger partial charge in [-0.25, -0.2) is 22.4 Å². The summed E-state index contributed by atoms with van der Waals surface area (Å²) in [5.74, 6) is 0.796. The van der Waals surface area contributed by atoms with Crippen molar-refractivity contribution in [2.45, 2.75) is 50.0 Å². The van der Waals surface area contributed by atoms with Crippen LogP contribution in [0, 0.1) is 6.92 Å². The third kappa shape index (κ3) is 5.64. The van der Waals surface area contributed by atoms with E-state index in [0.717, 1.165) is 29.6 Å². The van der Waals surface area contributed by atoms with Crippen LogP contribution in [0.25, 0.3) is 11.0 Å². The minimum Gasteiger partial charge on any atom is -0.356 e. The van der Waals surface area contributed by atoms with Crippen LogP contribution in [0.1, 0.15) is 37.7 Å². The molecule has 0 bridgehead atoms. The zero-order valence-corrected chi connectivity index (χ0v) is 20.0. The van der Waals surface area contributed by atoms with E-state index in [1.807, 2.05) is 14.0 Å². The Balaban J connectivity index is 0.000000523. The van der Waals surface area contributed by atoms with E-state index in [9.17, 15) is 16.8 Å². The Morgan fingerprint density at radius 2 is 1.59 bits per heavy atom. The topological polar surface area (TPSA) is 122 Å². The second-order valence-corrected chi connectivity index (χ2v) is 11.3. The predicted octanol–water partition coefficient (Wildman–Crippen LogP) is 3.25. The zero-order chi connectivity index (χ0) is 23.5. The molecule has 1 aliphatic rings. The number of aryl methyl sites for hydroxylation is 1. The van der Waals surface area contributed by atoms with Gasteiger partial charge in [0.05, 0.1) is 16.5 Å². The Morgan fingerprint density at radius 3 is 2.19 bits per heavy atom. The van der Waals surface area contributed by atoms with Crippen LogP contribution in [-0.2, 0) is 20.1 Å². The molecular weight excluding hydrogens is 452 g/mol. The Morgan fingerprint density at radius 1 is 1.00 bits per heavy atom. The van der Waals surface area contributed by atoms with Crippen molar-refractivity contribution < 1.29 is 21.4 Å². The molecule has 0 spiro atoms. The van der Waals surface area contributed by atoms with Crippen molar-refractivity contribution in [3.05, 3.63) is 48.4 Å². The number of anilines is 1. The quantitative estimate of drug-likeness (QED) is 0.565. The van der Waals surface area contributed by atoms with Crippen LogP contribution in [0.3, 0.4) is 0 Å². The first-order chi connectivity index (χ1) is 15.0. The van der Waals surface area contributed by atoms with E-state index in [-0.39, 0.29) is 4.90 Å². The molecule has 1 aliphatic carbocycles.